The van der Waals surface area contributed by atoms with E-state index in [1.807, 2.05) is 6.07 Å². The Labute approximate surface area is 154 Å². The normalized spacial score (nSPS) is 10.5. The summed E-state index contributed by atoms with van der Waals surface area (Å²) in [5.74, 6) is -0.319. The van der Waals surface area contributed by atoms with Gasteiger partial charge in [0.1, 0.15) is 0 Å². The number of anilines is 1. The summed E-state index contributed by atoms with van der Waals surface area (Å²) in [5.41, 5.74) is 3.54. The Bertz CT molecular complexity index is 739. The van der Waals surface area contributed by atoms with E-state index < -0.39 is 5.97 Å². The first-order valence-corrected chi connectivity index (χ1v) is 8.80. The Morgan fingerprint density at radius 2 is 1.73 bits per heavy atom. The van der Waals surface area contributed by atoms with Crippen molar-refractivity contribution in [1.29, 1.82) is 0 Å². The van der Waals surface area contributed by atoms with Gasteiger partial charge in [-0.05, 0) is 35.6 Å². The summed E-state index contributed by atoms with van der Waals surface area (Å²) >= 11 is 0. The third-order valence-electron chi connectivity index (χ3n) is 4.13. The van der Waals surface area contributed by atoms with Crippen LogP contribution in [0.3, 0.4) is 0 Å². The summed E-state index contributed by atoms with van der Waals surface area (Å²) < 4.78 is 5.09. The van der Waals surface area contributed by atoms with E-state index in [0.717, 1.165) is 12.0 Å². The van der Waals surface area contributed by atoms with E-state index in [1.54, 1.807) is 25.2 Å². The molecule has 5 nitrogen and oxygen atoms in total. The first kappa shape index (κ1) is 19.5. The summed E-state index contributed by atoms with van der Waals surface area (Å²) in [6.07, 6.45) is 0.737. The Kier molecular flexibility index (Phi) is 7.21. The van der Waals surface area contributed by atoms with Crippen molar-refractivity contribution in [3.05, 3.63) is 65.2 Å². The van der Waals surface area contributed by atoms with Gasteiger partial charge in [-0.1, -0.05) is 50.2 Å². The summed E-state index contributed by atoms with van der Waals surface area (Å²) in [4.78, 5) is 23.9. The van der Waals surface area contributed by atoms with Crippen molar-refractivity contribution < 1.29 is 14.3 Å². The molecule has 2 aromatic carbocycles. The molecule has 0 fully saturated rings. The van der Waals surface area contributed by atoms with Gasteiger partial charge < -0.3 is 15.4 Å². The molecule has 1 amide bonds. The van der Waals surface area contributed by atoms with Crippen LogP contribution in [-0.4, -0.2) is 32.1 Å². The minimum Gasteiger partial charge on any atom is -0.452 e. The van der Waals surface area contributed by atoms with Gasteiger partial charge in [0.25, 0.3) is 5.91 Å². The number of carbonyl (C=O) groups is 2. The molecule has 2 N–H and O–H groups in total. The number of rotatable bonds is 8. The average molecular weight is 354 g/mol. The van der Waals surface area contributed by atoms with Crippen LogP contribution in [0.1, 0.15) is 41.3 Å². The lowest BCUT2D eigenvalue weighted by Crippen LogP contribution is -2.30. The van der Waals surface area contributed by atoms with Gasteiger partial charge in [0, 0.05) is 19.3 Å². The maximum Gasteiger partial charge on any atom is 0.340 e. The zero-order chi connectivity index (χ0) is 18.9. The molecule has 0 saturated heterocycles. The molecule has 0 saturated carbocycles. The SMILES string of the molecule is CNc1ccccc1C(=O)OCC(=O)NCCc1ccc(C(C)C)cc1. The fourth-order valence-electron chi connectivity index (χ4n) is 2.55. The predicted octanol–water partition coefficient (Wildman–Crippen LogP) is 3.37. The first-order chi connectivity index (χ1) is 12.5. The van der Waals surface area contributed by atoms with Gasteiger partial charge in [0.2, 0.25) is 0 Å². The maximum atomic E-state index is 12.1. The molecule has 0 heterocycles. The number of nitrogens with one attached hydrogen (secondary N) is 2. The van der Waals surface area contributed by atoms with Gasteiger partial charge in [-0.25, -0.2) is 4.79 Å². The summed E-state index contributed by atoms with van der Waals surface area (Å²) in [6, 6.07) is 15.4. The van der Waals surface area contributed by atoms with Crippen molar-refractivity contribution in [2.45, 2.75) is 26.2 Å². The van der Waals surface area contributed by atoms with Gasteiger partial charge in [0.05, 0.1) is 5.56 Å². The Balaban J connectivity index is 1.74. The van der Waals surface area contributed by atoms with Crippen LogP contribution in [0.5, 0.6) is 0 Å². The molecule has 5 heteroatoms. The highest BCUT2D eigenvalue weighted by Gasteiger charge is 2.13. The number of carbonyl (C=O) groups excluding carboxylic acids is 2. The molecule has 0 spiro atoms. The van der Waals surface area contributed by atoms with Crippen LogP contribution < -0.4 is 10.6 Å². The zero-order valence-corrected chi connectivity index (χ0v) is 15.5. The van der Waals surface area contributed by atoms with E-state index in [9.17, 15) is 9.59 Å². The van der Waals surface area contributed by atoms with Crippen molar-refractivity contribution in [1.82, 2.24) is 5.32 Å². The third-order valence-corrected chi connectivity index (χ3v) is 4.13. The molecule has 0 aliphatic carbocycles. The molecular formula is C21H26N2O3. The molecule has 0 unspecified atom stereocenters. The highest BCUT2D eigenvalue weighted by atomic mass is 16.5. The summed E-state index contributed by atoms with van der Waals surface area (Å²) in [5, 5.41) is 5.70. The summed E-state index contributed by atoms with van der Waals surface area (Å²) in [6.45, 7) is 4.53. The van der Waals surface area contributed by atoms with E-state index >= 15 is 0 Å². The molecule has 0 bridgehead atoms. The van der Waals surface area contributed by atoms with E-state index in [-0.39, 0.29) is 12.5 Å². The highest BCUT2D eigenvalue weighted by Crippen LogP contribution is 2.15. The van der Waals surface area contributed by atoms with Crippen LogP contribution in [0, 0.1) is 0 Å². The third kappa shape index (κ3) is 5.62. The number of amides is 1. The fourth-order valence-corrected chi connectivity index (χ4v) is 2.55. The van der Waals surface area contributed by atoms with Crippen molar-refractivity contribution in [2.24, 2.45) is 0 Å². The van der Waals surface area contributed by atoms with Crippen LogP contribution in [0.2, 0.25) is 0 Å². The van der Waals surface area contributed by atoms with Crippen LogP contribution in [0.15, 0.2) is 48.5 Å². The second-order valence-corrected chi connectivity index (χ2v) is 6.37. The van der Waals surface area contributed by atoms with Gasteiger partial charge >= 0.3 is 5.97 Å². The zero-order valence-electron chi connectivity index (χ0n) is 15.5. The first-order valence-electron chi connectivity index (χ1n) is 8.80. The molecular weight excluding hydrogens is 328 g/mol. The van der Waals surface area contributed by atoms with Crippen molar-refractivity contribution in [3.8, 4) is 0 Å². The van der Waals surface area contributed by atoms with Crippen molar-refractivity contribution >= 4 is 17.6 Å². The molecule has 0 aliphatic rings. The van der Waals surface area contributed by atoms with E-state index in [1.165, 1.54) is 5.56 Å². The largest absolute Gasteiger partial charge is 0.452 e. The standard InChI is InChI=1S/C21H26N2O3/c1-15(2)17-10-8-16(9-11-17)12-13-23-20(24)14-26-21(25)18-6-4-5-7-19(18)22-3/h4-11,15,22H,12-14H2,1-3H3,(H,23,24). The maximum absolute atomic E-state index is 12.1. The van der Waals surface area contributed by atoms with Crippen molar-refractivity contribution in [2.75, 3.05) is 25.5 Å². The molecule has 26 heavy (non-hydrogen) atoms. The Morgan fingerprint density at radius 1 is 1.04 bits per heavy atom. The smallest absolute Gasteiger partial charge is 0.340 e. The summed E-state index contributed by atoms with van der Waals surface area (Å²) in [7, 11) is 1.73. The van der Waals surface area contributed by atoms with E-state index in [0.29, 0.717) is 23.7 Å². The lowest BCUT2D eigenvalue weighted by molar-refractivity contribution is -0.124. The molecule has 0 aromatic heterocycles. The number of esters is 1. The van der Waals surface area contributed by atoms with Crippen LogP contribution in [-0.2, 0) is 16.0 Å². The predicted molar refractivity (Wildman–Crippen MR) is 104 cm³/mol. The molecule has 2 rings (SSSR count). The van der Waals surface area contributed by atoms with Crippen LogP contribution >= 0.6 is 0 Å². The fraction of sp³-hybridized carbons (Fsp3) is 0.333. The van der Waals surface area contributed by atoms with Crippen LogP contribution in [0.4, 0.5) is 5.69 Å². The highest BCUT2D eigenvalue weighted by molar-refractivity contribution is 5.96. The van der Waals surface area contributed by atoms with E-state index in [2.05, 4.69) is 48.7 Å². The Hall–Kier alpha value is -2.82. The molecule has 0 atom stereocenters. The molecule has 0 radical (unpaired) electrons. The molecule has 2 aromatic rings. The second-order valence-electron chi connectivity index (χ2n) is 6.37. The second kappa shape index (κ2) is 9.61. The Morgan fingerprint density at radius 3 is 2.38 bits per heavy atom. The number of hydrogen-bond acceptors (Lipinski definition) is 4. The lowest BCUT2D eigenvalue weighted by atomic mass is 10.0. The number of para-hydroxylation sites is 1. The van der Waals surface area contributed by atoms with Gasteiger partial charge in [-0.15, -0.1) is 0 Å². The van der Waals surface area contributed by atoms with Gasteiger partial charge in [-0.3, -0.25) is 4.79 Å². The molecule has 138 valence electrons. The van der Waals surface area contributed by atoms with Gasteiger partial charge in [-0.2, -0.15) is 0 Å². The average Bonchev–Trinajstić information content (AvgIpc) is 2.66. The monoisotopic (exact) mass is 354 g/mol. The number of ether oxygens (including phenoxy) is 1. The van der Waals surface area contributed by atoms with E-state index in [4.69, 9.17) is 4.74 Å². The molecule has 0 aliphatic heterocycles. The quantitative estimate of drug-likeness (QED) is 0.713. The number of benzene rings is 2. The minimum absolute atomic E-state index is 0.289. The minimum atomic E-state index is -0.519. The topological polar surface area (TPSA) is 67.4 Å². The number of hydrogen-bond donors (Lipinski definition) is 2. The lowest BCUT2D eigenvalue weighted by Gasteiger charge is -2.10. The van der Waals surface area contributed by atoms with Gasteiger partial charge in [0.15, 0.2) is 6.61 Å². The van der Waals surface area contributed by atoms with Crippen LogP contribution in [0.25, 0.3) is 0 Å². The van der Waals surface area contributed by atoms with Crippen molar-refractivity contribution in [3.63, 3.8) is 0 Å².